The fraction of sp³-hybridized carbons (Fsp3) is 0.450. The summed E-state index contributed by atoms with van der Waals surface area (Å²) in [5.74, 6) is -1.12. The van der Waals surface area contributed by atoms with Crippen molar-refractivity contribution >= 4 is 11.7 Å². The number of benzene rings is 1. The van der Waals surface area contributed by atoms with E-state index in [9.17, 15) is 8.78 Å². The lowest BCUT2D eigenvalue weighted by molar-refractivity contribution is 0.170. The molecule has 1 unspecified atom stereocenters. The Kier molecular flexibility index (Phi) is 5.68. The van der Waals surface area contributed by atoms with Crippen LogP contribution in [0.25, 0.3) is 0 Å². The van der Waals surface area contributed by atoms with Crippen molar-refractivity contribution < 1.29 is 8.78 Å². The lowest BCUT2D eigenvalue weighted by Crippen LogP contribution is -2.40. The highest BCUT2D eigenvalue weighted by molar-refractivity contribution is 5.94. The highest BCUT2D eigenvalue weighted by Gasteiger charge is 2.26. The zero-order valence-corrected chi connectivity index (χ0v) is 16.5. The molecule has 0 spiro atoms. The van der Waals surface area contributed by atoms with Crippen molar-refractivity contribution in [3.05, 3.63) is 52.9 Å². The summed E-state index contributed by atoms with van der Waals surface area (Å²) in [6, 6.07) is 4.29. The molecule has 3 N–H and O–H groups in total. The molecule has 0 saturated carbocycles. The Balaban J connectivity index is 1.44. The van der Waals surface area contributed by atoms with Crippen molar-refractivity contribution in [2.24, 2.45) is 5.10 Å². The quantitative estimate of drug-likeness (QED) is 0.667. The normalized spacial score (nSPS) is 20.9. The molecule has 9 heteroatoms. The highest BCUT2D eigenvalue weighted by Crippen LogP contribution is 2.23. The summed E-state index contributed by atoms with van der Waals surface area (Å²) >= 11 is 0. The Morgan fingerprint density at radius 1 is 1.28 bits per heavy atom. The van der Waals surface area contributed by atoms with E-state index in [1.54, 1.807) is 6.07 Å². The molecule has 1 aromatic heterocycles. The third-order valence-corrected chi connectivity index (χ3v) is 5.10. The maximum atomic E-state index is 13.6. The van der Waals surface area contributed by atoms with E-state index in [0.717, 1.165) is 41.6 Å². The standard InChI is InChI=1S/C20H25F2N7/c1-12(2)25-20-24-8-14-5-6-29(11-19(14)26-20)28-27-18-10-23-9-15(18)13-3-4-16(21)17(22)7-13/h3-4,7-8,12,15,23,28H,5-6,9-11H2,1-2H3,(H,24,25,26)/b27-18-. The zero-order valence-electron chi connectivity index (χ0n) is 16.5. The molecule has 1 saturated heterocycles. The Morgan fingerprint density at radius 2 is 2.14 bits per heavy atom. The van der Waals surface area contributed by atoms with E-state index in [-0.39, 0.29) is 12.0 Å². The molecular formula is C20H25F2N7. The van der Waals surface area contributed by atoms with Gasteiger partial charge in [0.1, 0.15) is 0 Å². The van der Waals surface area contributed by atoms with Gasteiger partial charge in [0.25, 0.3) is 0 Å². The van der Waals surface area contributed by atoms with Gasteiger partial charge in [0.05, 0.1) is 18.0 Å². The van der Waals surface area contributed by atoms with Crippen molar-refractivity contribution in [3.63, 3.8) is 0 Å². The van der Waals surface area contributed by atoms with E-state index in [4.69, 9.17) is 0 Å². The third-order valence-electron chi connectivity index (χ3n) is 5.10. The fourth-order valence-corrected chi connectivity index (χ4v) is 3.59. The van der Waals surface area contributed by atoms with Crippen molar-refractivity contribution in [2.45, 2.75) is 38.8 Å². The molecule has 2 aliphatic rings. The van der Waals surface area contributed by atoms with Gasteiger partial charge in [-0.05, 0) is 43.5 Å². The molecule has 4 rings (SSSR count). The summed E-state index contributed by atoms with van der Waals surface area (Å²) < 4.78 is 26.9. The van der Waals surface area contributed by atoms with Gasteiger partial charge in [-0.2, -0.15) is 5.10 Å². The summed E-state index contributed by atoms with van der Waals surface area (Å²) in [6.07, 6.45) is 2.72. The van der Waals surface area contributed by atoms with Gasteiger partial charge in [-0.25, -0.2) is 29.3 Å². The van der Waals surface area contributed by atoms with Crippen LogP contribution in [0.3, 0.4) is 0 Å². The van der Waals surface area contributed by atoms with E-state index in [0.29, 0.717) is 25.6 Å². The minimum atomic E-state index is -0.836. The first-order valence-electron chi connectivity index (χ1n) is 9.83. The summed E-state index contributed by atoms with van der Waals surface area (Å²) in [5, 5.41) is 13.0. The first-order valence-corrected chi connectivity index (χ1v) is 9.83. The lowest BCUT2D eigenvalue weighted by Gasteiger charge is -2.27. The van der Waals surface area contributed by atoms with Gasteiger partial charge in [-0.3, -0.25) is 0 Å². The van der Waals surface area contributed by atoms with E-state index in [1.165, 1.54) is 6.07 Å². The number of halogens is 2. The van der Waals surface area contributed by atoms with Crippen LogP contribution in [0, 0.1) is 11.6 Å². The van der Waals surface area contributed by atoms with Crippen LogP contribution in [0.5, 0.6) is 0 Å². The molecule has 3 heterocycles. The Bertz CT molecular complexity index is 916. The molecule has 2 aliphatic heterocycles. The number of fused-ring (bicyclic) bond motifs is 1. The van der Waals surface area contributed by atoms with Gasteiger partial charge in [0.15, 0.2) is 11.6 Å². The fourth-order valence-electron chi connectivity index (χ4n) is 3.59. The Labute approximate surface area is 168 Å². The summed E-state index contributed by atoms with van der Waals surface area (Å²) in [7, 11) is 0. The van der Waals surface area contributed by atoms with Crippen LogP contribution in [-0.4, -0.2) is 46.4 Å². The molecule has 1 atom stereocenters. The third kappa shape index (κ3) is 4.51. The monoisotopic (exact) mass is 401 g/mol. The van der Waals surface area contributed by atoms with Crippen molar-refractivity contribution in [3.8, 4) is 0 Å². The molecule has 1 fully saturated rings. The number of nitrogens with one attached hydrogen (secondary N) is 3. The van der Waals surface area contributed by atoms with Gasteiger partial charge in [-0.15, -0.1) is 0 Å². The number of rotatable bonds is 5. The number of hydrogen-bond donors (Lipinski definition) is 3. The van der Waals surface area contributed by atoms with Crippen molar-refractivity contribution in [1.29, 1.82) is 0 Å². The Morgan fingerprint density at radius 3 is 2.93 bits per heavy atom. The van der Waals surface area contributed by atoms with E-state index in [1.807, 2.05) is 25.1 Å². The minimum absolute atomic E-state index is 0.0844. The number of anilines is 1. The van der Waals surface area contributed by atoms with Gasteiger partial charge >= 0.3 is 0 Å². The maximum Gasteiger partial charge on any atom is 0.223 e. The van der Waals surface area contributed by atoms with Crippen molar-refractivity contribution in [1.82, 2.24) is 25.8 Å². The second kappa shape index (κ2) is 8.38. The van der Waals surface area contributed by atoms with Crippen molar-refractivity contribution in [2.75, 3.05) is 25.0 Å². The molecule has 29 heavy (non-hydrogen) atoms. The topological polar surface area (TPSA) is 77.5 Å². The number of nitrogens with zero attached hydrogens (tertiary/aromatic N) is 4. The van der Waals surface area contributed by atoms with E-state index in [2.05, 4.69) is 31.2 Å². The van der Waals surface area contributed by atoms with Crippen LogP contribution in [0.1, 0.15) is 36.6 Å². The summed E-state index contributed by atoms with van der Waals surface area (Å²) in [5.41, 5.74) is 6.83. The van der Waals surface area contributed by atoms with E-state index >= 15 is 0 Å². The molecule has 0 bridgehead atoms. The Hall–Kier alpha value is -2.65. The van der Waals surface area contributed by atoms with Crippen LogP contribution < -0.4 is 16.2 Å². The van der Waals surface area contributed by atoms with Crippen LogP contribution in [0.4, 0.5) is 14.7 Å². The molecule has 0 amide bonds. The number of aromatic nitrogens is 2. The van der Waals surface area contributed by atoms with Gasteiger partial charge in [-0.1, -0.05) is 6.07 Å². The van der Waals surface area contributed by atoms with E-state index < -0.39 is 11.6 Å². The molecule has 0 aliphatic carbocycles. The molecule has 154 valence electrons. The SMILES string of the molecule is CC(C)Nc1ncc2c(n1)CN(N/N=C1/CNCC1c1ccc(F)c(F)c1)CC2. The number of hydrazone groups is 1. The minimum Gasteiger partial charge on any atom is -0.352 e. The molecular weight excluding hydrogens is 376 g/mol. The highest BCUT2D eigenvalue weighted by atomic mass is 19.2. The predicted molar refractivity (Wildman–Crippen MR) is 107 cm³/mol. The average molecular weight is 401 g/mol. The number of hydrogen-bond acceptors (Lipinski definition) is 7. The zero-order chi connectivity index (χ0) is 20.4. The second-order valence-corrected chi connectivity index (χ2v) is 7.70. The summed E-state index contributed by atoms with van der Waals surface area (Å²) in [4.78, 5) is 8.99. The largest absolute Gasteiger partial charge is 0.352 e. The van der Waals surface area contributed by atoms with Crippen LogP contribution >= 0.6 is 0 Å². The summed E-state index contributed by atoms with van der Waals surface area (Å²) in [6.45, 7) is 6.74. The van der Waals surface area contributed by atoms with Gasteiger partial charge < -0.3 is 10.6 Å². The lowest BCUT2D eigenvalue weighted by atomic mass is 9.97. The first-order chi connectivity index (χ1) is 14.0. The predicted octanol–water partition coefficient (Wildman–Crippen LogP) is 2.18. The molecule has 0 radical (unpaired) electrons. The van der Waals surface area contributed by atoms with Gasteiger partial charge in [0.2, 0.25) is 5.95 Å². The second-order valence-electron chi connectivity index (χ2n) is 7.70. The maximum absolute atomic E-state index is 13.6. The van der Waals surface area contributed by atoms with Crippen LogP contribution in [0.2, 0.25) is 0 Å². The smallest absolute Gasteiger partial charge is 0.223 e. The average Bonchev–Trinajstić information content (AvgIpc) is 3.16. The molecule has 7 nitrogen and oxygen atoms in total. The number of hydrazine groups is 1. The molecule has 2 aromatic rings. The van der Waals surface area contributed by atoms with Crippen LogP contribution in [-0.2, 0) is 13.0 Å². The van der Waals surface area contributed by atoms with Gasteiger partial charge in [0, 0.05) is 37.8 Å². The first kappa shape index (κ1) is 19.7. The van der Waals surface area contributed by atoms with Crippen LogP contribution in [0.15, 0.2) is 29.5 Å². The molecule has 1 aromatic carbocycles.